The number of nitrogens with one attached hydrogen (secondary N) is 2. The number of hydrogen-bond donors (Lipinski definition) is 2. The van der Waals surface area contributed by atoms with Gasteiger partial charge in [-0.05, 0) is 79.1 Å². The van der Waals surface area contributed by atoms with Crippen LogP contribution in [-0.4, -0.2) is 37.2 Å². The van der Waals surface area contributed by atoms with Crippen molar-refractivity contribution in [2.75, 3.05) is 18.1 Å². The summed E-state index contributed by atoms with van der Waals surface area (Å²) in [5.74, 6) is -0.00494. The van der Waals surface area contributed by atoms with Gasteiger partial charge in [0, 0.05) is 37.4 Å². The second-order valence-corrected chi connectivity index (χ2v) is 8.49. The first kappa shape index (κ1) is 19.1. The number of hydrogen-bond acceptors (Lipinski definition) is 3. The molecule has 0 spiro atoms. The molecule has 0 radical (unpaired) electrons. The van der Waals surface area contributed by atoms with Crippen LogP contribution in [0.25, 0.3) is 11.1 Å². The van der Waals surface area contributed by atoms with Crippen LogP contribution in [0.15, 0.2) is 36.4 Å². The van der Waals surface area contributed by atoms with Crippen molar-refractivity contribution in [1.82, 2.24) is 10.6 Å². The molecule has 2 fully saturated rings. The van der Waals surface area contributed by atoms with E-state index in [4.69, 9.17) is 4.74 Å². The molecule has 30 heavy (non-hydrogen) atoms. The Balaban J connectivity index is 1.46. The predicted octanol–water partition coefficient (Wildman–Crippen LogP) is 3.76. The minimum atomic E-state index is -0.0305. The number of benzene rings is 2. The Morgan fingerprint density at radius 1 is 1.10 bits per heavy atom. The highest BCUT2D eigenvalue weighted by Crippen LogP contribution is 2.34. The molecule has 1 saturated heterocycles. The summed E-state index contributed by atoms with van der Waals surface area (Å²) >= 11 is 0. The van der Waals surface area contributed by atoms with Gasteiger partial charge in [-0.2, -0.15) is 0 Å². The van der Waals surface area contributed by atoms with E-state index in [0.29, 0.717) is 31.4 Å². The van der Waals surface area contributed by atoms with Crippen LogP contribution in [0.5, 0.6) is 0 Å². The molecule has 2 aromatic carbocycles. The van der Waals surface area contributed by atoms with Crippen molar-refractivity contribution >= 4 is 17.6 Å². The SMILES string of the molecule is Cc1ccc(C(=O)NC2CC2)cc1-c1ccc2c(c1)CNC(=O)N2C1CCOCC1. The van der Waals surface area contributed by atoms with E-state index in [-0.39, 0.29) is 18.0 Å². The van der Waals surface area contributed by atoms with Crippen molar-refractivity contribution in [2.45, 2.75) is 51.2 Å². The Kier molecular flexibility index (Phi) is 4.95. The topological polar surface area (TPSA) is 70.7 Å². The third kappa shape index (κ3) is 3.67. The number of carbonyl (C=O) groups excluding carboxylic acids is 2. The van der Waals surface area contributed by atoms with E-state index in [1.54, 1.807) is 0 Å². The number of nitrogens with zero attached hydrogens (tertiary/aromatic N) is 1. The smallest absolute Gasteiger partial charge is 0.322 e. The number of urea groups is 1. The fourth-order valence-electron chi connectivity index (χ4n) is 4.37. The van der Waals surface area contributed by atoms with E-state index in [9.17, 15) is 9.59 Å². The normalized spacial score (nSPS) is 19.2. The van der Waals surface area contributed by atoms with Crippen molar-refractivity contribution in [3.8, 4) is 11.1 Å². The monoisotopic (exact) mass is 405 g/mol. The molecular weight excluding hydrogens is 378 g/mol. The van der Waals surface area contributed by atoms with Gasteiger partial charge in [-0.1, -0.05) is 12.1 Å². The van der Waals surface area contributed by atoms with Crippen LogP contribution in [0, 0.1) is 6.92 Å². The van der Waals surface area contributed by atoms with Crippen molar-refractivity contribution in [3.63, 3.8) is 0 Å². The minimum Gasteiger partial charge on any atom is -0.381 e. The first-order chi connectivity index (χ1) is 14.6. The lowest BCUT2D eigenvalue weighted by Gasteiger charge is -2.38. The zero-order chi connectivity index (χ0) is 20.7. The number of aryl methyl sites for hydroxylation is 1. The average molecular weight is 405 g/mol. The highest BCUT2D eigenvalue weighted by atomic mass is 16.5. The molecule has 5 rings (SSSR count). The van der Waals surface area contributed by atoms with Crippen LogP contribution in [0.1, 0.15) is 47.2 Å². The fourth-order valence-corrected chi connectivity index (χ4v) is 4.37. The number of amides is 3. The van der Waals surface area contributed by atoms with Crippen molar-refractivity contribution < 1.29 is 14.3 Å². The number of anilines is 1. The van der Waals surface area contributed by atoms with Crippen LogP contribution >= 0.6 is 0 Å². The highest BCUT2D eigenvalue weighted by Gasteiger charge is 2.32. The Hall–Kier alpha value is -2.86. The molecule has 0 aromatic heterocycles. The lowest BCUT2D eigenvalue weighted by Crippen LogP contribution is -2.51. The maximum atomic E-state index is 12.6. The number of fused-ring (bicyclic) bond motifs is 1. The molecule has 2 N–H and O–H groups in total. The van der Waals surface area contributed by atoms with Gasteiger partial charge in [-0.15, -0.1) is 0 Å². The molecule has 2 aromatic rings. The van der Waals surface area contributed by atoms with E-state index < -0.39 is 0 Å². The zero-order valence-corrected chi connectivity index (χ0v) is 17.2. The summed E-state index contributed by atoms with van der Waals surface area (Å²) < 4.78 is 5.47. The Morgan fingerprint density at radius 2 is 1.90 bits per heavy atom. The molecule has 2 aliphatic heterocycles. The maximum Gasteiger partial charge on any atom is 0.322 e. The maximum absolute atomic E-state index is 12.6. The summed E-state index contributed by atoms with van der Waals surface area (Å²) in [7, 11) is 0. The summed E-state index contributed by atoms with van der Waals surface area (Å²) in [6, 6.07) is 12.6. The molecule has 0 atom stereocenters. The Morgan fingerprint density at radius 3 is 2.67 bits per heavy atom. The fraction of sp³-hybridized carbons (Fsp3) is 0.417. The molecule has 156 valence electrons. The minimum absolute atomic E-state index is 0.00494. The van der Waals surface area contributed by atoms with Crippen LogP contribution in [0.4, 0.5) is 10.5 Å². The van der Waals surface area contributed by atoms with Gasteiger partial charge in [-0.3, -0.25) is 9.69 Å². The molecule has 6 nitrogen and oxygen atoms in total. The number of ether oxygens (including phenoxy) is 1. The second-order valence-electron chi connectivity index (χ2n) is 8.49. The lowest BCUT2D eigenvalue weighted by atomic mass is 9.94. The van der Waals surface area contributed by atoms with Gasteiger partial charge in [0.1, 0.15) is 0 Å². The first-order valence-corrected chi connectivity index (χ1v) is 10.8. The standard InChI is InChI=1S/C24H27N3O3/c1-15-2-3-17(23(28)26-19-5-6-19)13-21(15)16-4-7-22-18(12-16)14-25-24(29)27(22)20-8-10-30-11-9-20/h2-4,7,12-13,19-20H,5-6,8-11,14H2,1H3,(H,25,29)(H,26,28). The van der Waals surface area contributed by atoms with Gasteiger partial charge in [-0.25, -0.2) is 4.79 Å². The largest absolute Gasteiger partial charge is 0.381 e. The molecule has 2 heterocycles. The molecule has 1 aliphatic carbocycles. The van der Waals surface area contributed by atoms with Gasteiger partial charge >= 0.3 is 6.03 Å². The average Bonchev–Trinajstić information content (AvgIpc) is 3.58. The molecule has 3 aliphatic rings. The number of carbonyl (C=O) groups is 2. The summed E-state index contributed by atoms with van der Waals surface area (Å²) in [5, 5.41) is 6.08. The van der Waals surface area contributed by atoms with Crippen molar-refractivity contribution in [2.24, 2.45) is 0 Å². The molecule has 0 bridgehead atoms. The van der Waals surface area contributed by atoms with Crippen LogP contribution in [0.2, 0.25) is 0 Å². The third-order valence-electron chi connectivity index (χ3n) is 6.27. The molecular formula is C24H27N3O3. The van der Waals surface area contributed by atoms with Crippen molar-refractivity contribution in [3.05, 3.63) is 53.1 Å². The quantitative estimate of drug-likeness (QED) is 0.814. The summed E-state index contributed by atoms with van der Waals surface area (Å²) in [6.45, 7) is 3.96. The van der Waals surface area contributed by atoms with Crippen LogP contribution in [0.3, 0.4) is 0 Å². The predicted molar refractivity (Wildman–Crippen MR) is 116 cm³/mol. The molecule has 6 heteroatoms. The van der Waals surface area contributed by atoms with Crippen LogP contribution < -0.4 is 15.5 Å². The summed E-state index contributed by atoms with van der Waals surface area (Å²) in [5.41, 5.74) is 6.02. The van der Waals surface area contributed by atoms with E-state index in [2.05, 4.69) is 35.8 Å². The third-order valence-corrected chi connectivity index (χ3v) is 6.27. The van der Waals surface area contributed by atoms with E-state index in [1.807, 2.05) is 23.1 Å². The molecule has 3 amide bonds. The highest BCUT2D eigenvalue weighted by molar-refractivity contribution is 5.97. The Bertz CT molecular complexity index is 993. The van der Waals surface area contributed by atoms with Gasteiger partial charge in [0.05, 0.1) is 5.69 Å². The summed E-state index contributed by atoms with van der Waals surface area (Å²) in [4.78, 5) is 27.0. The van der Waals surface area contributed by atoms with E-state index in [0.717, 1.165) is 53.6 Å². The lowest BCUT2D eigenvalue weighted by molar-refractivity contribution is 0.0853. The van der Waals surface area contributed by atoms with E-state index >= 15 is 0 Å². The van der Waals surface area contributed by atoms with Crippen LogP contribution in [-0.2, 0) is 11.3 Å². The number of rotatable bonds is 4. The molecule has 0 unspecified atom stereocenters. The van der Waals surface area contributed by atoms with Gasteiger partial charge in [0.25, 0.3) is 5.91 Å². The van der Waals surface area contributed by atoms with E-state index in [1.165, 1.54) is 0 Å². The van der Waals surface area contributed by atoms with Crippen molar-refractivity contribution in [1.29, 1.82) is 0 Å². The van der Waals surface area contributed by atoms with Gasteiger partial charge in [0.15, 0.2) is 0 Å². The summed E-state index contributed by atoms with van der Waals surface area (Å²) in [6.07, 6.45) is 3.85. The first-order valence-electron chi connectivity index (χ1n) is 10.8. The molecule has 1 saturated carbocycles. The van der Waals surface area contributed by atoms with Gasteiger partial charge < -0.3 is 15.4 Å². The second kappa shape index (κ2) is 7.76. The van der Waals surface area contributed by atoms with Gasteiger partial charge in [0.2, 0.25) is 0 Å². The zero-order valence-electron chi connectivity index (χ0n) is 17.2. The Labute approximate surface area is 176 Å².